The van der Waals surface area contributed by atoms with Gasteiger partial charge in [-0.05, 0) is 55.2 Å². The molecule has 2 N–H and O–H groups in total. The van der Waals surface area contributed by atoms with Gasteiger partial charge in [-0.25, -0.2) is 13.4 Å². The van der Waals surface area contributed by atoms with Gasteiger partial charge in [0.25, 0.3) is 5.91 Å². The maximum Gasteiger partial charge on any atom is 0.303 e. The number of amides is 1. The second kappa shape index (κ2) is 11.9. The molecule has 37 heavy (non-hydrogen) atoms. The van der Waals surface area contributed by atoms with Crippen LogP contribution in [-0.2, 0) is 28.7 Å². The van der Waals surface area contributed by atoms with Crippen molar-refractivity contribution in [3.05, 3.63) is 52.7 Å². The topological polar surface area (TPSA) is 130 Å². The molecule has 0 spiro atoms. The molecule has 1 aromatic carbocycles. The molecule has 2 aromatic heterocycles. The van der Waals surface area contributed by atoms with Crippen LogP contribution >= 0.6 is 0 Å². The molecule has 1 fully saturated rings. The van der Waals surface area contributed by atoms with E-state index in [1.165, 1.54) is 9.87 Å². The Hall–Kier alpha value is -3.24. The van der Waals surface area contributed by atoms with Crippen LogP contribution in [0.2, 0.25) is 0 Å². The zero-order valence-corrected chi connectivity index (χ0v) is 22.1. The van der Waals surface area contributed by atoms with Crippen LogP contribution in [0.15, 0.2) is 34.7 Å². The predicted octanol–water partition coefficient (Wildman–Crippen LogP) is 4.27. The first-order chi connectivity index (χ1) is 17.8. The molecule has 0 radical (unpaired) electrons. The van der Waals surface area contributed by atoms with Gasteiger partial charge in [0.05, 0.1) is 23.2 Å². The molecule has 0 saturated heterocycles. The van der Waals surface area contributed by atoms with Crippen molar-refractivity contribution in [3.63, 3.8) is 0 Å². The number of carbonyl (C=O) groups excluding carboxylic acids is 1. The van der Waals surface area contributed by atoms with Crippen molar-refractivity contribution in [2.75, 3.05) is 13.6 Å². The lowest BCUT2D eigenvalue weighted by atomic mass is 10.0. The van der Waals surface area contributed by atoms with Crippen LogP contribution in [0.5, 0.6) is 0 Å². The summed E-state index contributed by atoms with van der Waals surface area (Å²) in [4.78, 5) is 28.4. The van der Waals surface area contributed by atoms with Crippen LogP contribution in [0.25, 0.3) is 22.4 Å². The second-order valence-electron chi connectivity index (χ2n) is 9.42. The Morgan fingerprint density at radius 1 is 1.16 bits per heavy atom. The molecular weight excluding hydrogens is 494 g/mol. The van der Waals surface area contributed by atoms with Gasteiger partial charge in [0, 0.05) is 25.6 Å². The van der Waals surface area contributed by atoms with E-state index in [2.05, 4.69) is 12.2 Å². The number of carbonyl (C=O) groups is 2. The largest absolute Gasteiger partial charge is 0.481 e. The molecule has 0 aliphatic heterocycles. The number of aliphatic carboxylic acids is 1. The second-order valence-corrected chi connectivity index (χ2v) is 10.5. The molecule has 4 rings (SSSR count). The Kier molecular flexibility index (Phi) is 8.60. The first kappa shape index (κ1) is 26.8. The smallest absolute Gasteiger partial charge is 0.303 e. The maximum absolute atomic E-state index is 12.9. The Morgan fingerprint density at radius 2 is 1.89 bits per heavy atom. The fraction of sp³-hybridized carbons (Fsp3) is 0.444. The number of fused-ring (bicyclic) bond motifs is 1. The Bertz CT molecular complexity index is 1350. The van der Waals surface area contributed by atoms with Gasteiger partial charge in [0.15, 0.2) is 0 Å². The Balaban J connectivity index is 1.69. The number of carboxylic acid groups (broad SMARTS) is 1. The number of rotatable bonds is 13. The molecule has 0 bridgehead atoms. The summed E-state index contributed by atoms with van der Waals surface area (Å²) in [6.07, 6.45) is 4.64. The van der Waals surface area contributed by atoms with Gasteiger partial charge < -0.3 is 14.8 Å². The number of thiol groups is 1. The number of nitrogens with zero attached hydrogens (tertiary/aromatic N) is 2. The highest BCUT2D eigenvalue weighted by Crippen LogP contribution is 2.44. The third-order valence-corrected chi connectivity index (χ3v) is 7.56. The lowest BCUT2D eigenvalue weighted by Crippen LogP contribution is -2.24. The number of hydrogen-bond donors (Lipinski definition) is 3. The van der Waals surface area contributed by atoms with Gasteiger partial charge in [-0.3, -0.25) is 9.59 Å². The number of nitrogens with one attached hydrogen (secondary N) is 1. The first-order valence-corrected chi connectivity index (χ1v) is 13.8. The van der Waals surface area contributed by atoms with E-state index in [1.807, 2.05) is 30.3 Å². The van der Waals surface area contributed by atoms with Crippen LogP contribution < -0.4 is 5.32 Å². The highest BCUT2D eigenvalue weighted by atomic mass is 32.2. The monoisotopic (exact) mass is 527 g/mol. The van der Waals surface area contributed by atoms with Gasteiger partial charge in [-0.15, -0.1) is 0 Å². The number of aromatic nitrogens is 1. The highest BCUT2D eigenvalue weighted by Gasteiger charge is 2.31. The van der Waals surface area contributed by atoms with Crippen molar-refractivity contribution >= 4 is 33.9 Å². The molecule has 2 heterocycles. The minimum atomic E-state index is -2.85. The first-order valence-electron chi connectivity index (χ1n) is 12.7. The van der Waals surface area contributed by atoms with Gasteiger partial charge in [-0.2, -0.15) is 4.31 Å². The highest BCUT2D eigenvalue weighted by molar-refractivity contribution is 7.69. The standard InChI is InChI=1S/C27H33N3O6S/c1-3-17-8-10-19(11-9-17)25-24(26(33)28-2)21-15-20(18-12-13-18)22(29-27(21)36-25)16-30(37(34)35)14-6-4-5-7-23(31)32/h8-11,15,18,37H,3-7,12-14,16H2,1-2H3,(H,28,33)(H,31,32). The molecule has 10 heteroatoms. The third-order valence-electron chi connectivity index (χ3n) is 6.76. The quantitative estimate of drug-likeness (QED) is 0.224. The number of aryl methyl sites for hydroxylation is 1. The molecule has 3 aromatic rings. The van der Waals surface area contributed by atoms with Crippen molar-refractivity contribution < 1.29 is 27.5 Å². The number of pyridine rings is 1. The average molecular weight is 528 g/mol. The van der Waals surface area contributed by atoms with E-state index < -0.39 is 16.9 Å². The van der Waals surface area contributed by atoms with Crippen molar-refractivity contribution in [1.82, 2.24) is 14.6 Å². The molecule has 1 saturated carbocycles. The summed E-state index contributed by atoms with van der Waals surface area (Å²) in [5.41, 5.74) is 4.24. The molecule has 1 amide bonds. The number of unbranched alkanes of at least 4 members (excludes halogenated alkanes) is 2. The SMILES string of the molecule is CCc1ccc(-c2oc3nc(CN(CCCCCC(=O)O)[SH](=O)=O)c(C4CC4)cc3c2C(=O)NC)cc1. The van der Waals surface area contributed by atoms with Crippen LogP contribution in [0, 0.1) is 0 Å². The number of benzene rings is 1. The summed E-state index contributed by atoms with van der Waals surface area (Å²) in [6, 6.07) is 9.81. The van der Waals surface area contributed by atoms with Gasteiger partial charge >= 0.3 is 5.97 Å². The van der Waals surface area contributed by atoms with E-state index in [0.29, 0.717) is 53.9 Å². The lowest BCUT2D eigenvalue weighted by Gasteiger charge is -2.17. The molecular formula is C27H33N3O6S. The Labute approximate surface area is 218 Å². The summed E-state index contributed by atoms with van der Waals surface area (Å²) in [7, 11) is -1.27. The average Bonchev–Trinajstić information content (AvgIpc) is 3.67. The van der Waals surface area contributed by atoms with Crippen molar-refractivity contribution in [2.45, 2.75) is 64.3 Å². The zero-order valence-electron chi connectivity index (χ0n) is 21.2. The summed E-state index contributed by atoms with van der Waals surface area (Å²) in [6.45, 7) is 2.47. The number of carboxylic acids is 1. The Morgan fingerprint density at radius 3 is 2.49 bits per heavy atom. The van der Waals surface area contributed by atoms with E-state index in [0.717, 1.165) is 30.4 Å². The molecule has 0 atom stereocenters. The van der Waals surface area contributed by atoms with E-state index in [-0.39, 0.29) is 24.8 Å². The zero-order chi connectivity index (χ0) is 26.5. The minimum Gasteiger partial charge on any atom is -0.481 e. The predicted molar refractivity (Wildman–Crippen MR) is 141 cm³/mol. The van der Waals surface area contributed by atoms with Crippen LogP contribution in [0.4, 0.5) is 0 Å². The molecule has 9 nitrogen and oxygen atoms in total. The normalized spacial score (nSPS) is 13.5. The lowest BCUT2D eigenvalue weighted by molar-refractivity contribution is -0.137. The number of hydrogen-bond acceptors (Lipinski definition) is 6. The summed E-state index contributed by atoms with van der Waals surface area (Å²) in [5, 5.41) is 12.1. The fourth-order valence-corrected chi connectivity index (χ4v) is 5.09. The van der Waals surface area contributed by atoms with Gasteiger partial charge in [0.2, 0.25) is 16.6 Å². The van der Waals surface area contributed by atoms with Crippen molar-refractivity contribution in [1.29, 1.82) is 0 Å². The minimum absolute atomic E-state index is 0.0727. The van der Waals surface area contributed by atoms with E-state index in [4.69, 9.17) is 14.5 Å². The summed E-state index contributed by atoms with van der Waals surface area (Å²) >= 11 is 0. The molecule has 198 valence electrons. The van der Waals surface area contributed by atoms with Gasteiger partial charge in [0.1, 0.15) is 5.76 Å². The van der Waals surface area contributed by atoms with Crippen LogP contribution in [0.3, 0.4) is 0 Å². The van der Waals surface area contributed by atoms with Gasteiger partial charge in [-0.1, -0.05) is 37.6 Å². The third kappa shape index (κ3) is 6.37. The maximum atomic E-state index is 12.9. The molecule has 0 unspecified atom stereocenters. The van der Waals surface area contributed by atoms with Crippen LogP contribution in [0.1, 0.15) is 78.5 Å². The van der Waals surface area contributed by atoms with E-state index in [9.17, 15) is 18.0 Å². The van der Waals surface area contributed by atoms with Crippen molar-refractivity contribution in [2.24, 2.45) is 0 Å². The molecule has 1 aliphatic carbocycles. The summed E-state index contributed by atoms with van der Waals surface area (Å²) in [5.74, 6) is -0.411. The summed E-state index contributed by atoms with van der Waals surface area (Å²) < 4.78 is 31.6. The van der Waals surface area contributed by atoms with Crippen molar-refractivity contribution in [3.8, 4) is 11.3 Å². The fourth-order valence-electron chi connectivity index (χ4n) is 4.53. The van der Waals surface area contributed by atoms with Crippen LogP contribution in [-0.4, -0.2) is 48.3 Å². The van der Waals surface area contributed by atoms with E-state index in [1.54, 1.807) is 7.05 Å². The number of furan rings is 1. The van der Waals surface area contributed by atoms with E-state index >= 15 is 0 Å². The molecule has 1 aliphatic rings.